The molecule has 0 fully saturated rings. The number of carbonyl (C=O) groups is 1. The minimum absolute atomic E-state index is 0.0141. The number of hydrogen-bond acceptors (Lipinski definition) is 3. The van der Waals surface area contributed by atoms with Gasteiger partial charge in [-0.2, -0.15) is 5.10 Å². The Bertz CT molecular complexity index is 379. The largest absolute Gasteiger partial charge is 0.389 e. The van der Waals surface area contributed by atoms with Crippen molar-refractivity contribution in [3.63, 3.8) is 0 Å². The van der Waals surface area contributed by atoms with Gasteiger partial charge in [0.1, 0.15) is 0 Å². The van der Waals surface area contributed by atoms with Crippen LogP contribution >= 0.6 is 0 Å². The van der Waals surface area contributed by atoms with Crippen LogP contribution in [0.5, 0.6) is 0 Å². The molecule has 0 aromatic carbocycles. The molecule has 0 radical (unpaired) electrons. The Kier molecular flexibility index (Phi) is 4.28. The Balaban J connectivity index is 2.39. The molecule has 1 aromatic rings. The Hall–Kier alpha value is -1.36. The molecule has 1 rings (SSSR count). The smallest absolute Gasteiger partial charge is 0.224 e. The molecule has 0 unspecified atom stereocenters. The van der Waals surface area contributed by atoms with Gasteiger partial charge in [-0.15, -0.1) is 0 Å². The van der Waals surface area contributed by atoms with Gasteiger partial charge in [-0.1, -0.05) is 0 Å². The van der Waals surface area contributed by atoms with Gasteiger partial charge in [0.15, 0.2) is 0 Å². The zero-order valence-corrected chi connectivity index (χ0v) is 11.0. The quantitative estimate of drug-likeness (QED) is 0.827. The predicted molar refractivity (Wildman–Crippen MR) is 65.5 cm³/mol. The lowest BCUT2D eigenvalue weighted by molar-refractivity contribution is -0.132. The molecule has 0 aliphatic rings. The monoisotopic (exact) mass is 239 g/mol. The van der Waals surface area contributed by atoms with Crippen molar-refractivity contribution in [1.82, 2.24) is 14.7 Å². The molecular weight excluding hydrogens is 218 g/mol. The third kappa shape index (κ3) is 4.99. The first-order chi connectivity index (χ1) is 7.78. The lowest BCUT2D eigenvalue weighted by Gasteiger charge is -2.25. The Labute approximate surface area is 102 Å². The standard InChI is InChI=1S/C12H21N3O2/c1-10-7-13-15(8-10)6-5-11(16)14(4)9-12(2,3)17/h7-8,17H,5-6,9H2,1-4H3. The predicted octanol–water partition coefficient (Wildman–Crippen LogP) is 0.811. The number of likely N-dealkylation sites (N-methyl/N-ethyl adjacent to an activating group) is 1. The third-order valence-electron chi connectivity index (χ3n) is 2.37. The van der Waals surface area contributed by atoms with Gasteiger partial charge in [-0.3, -0.25) is 9.48 Å². The van der Waals surface area contributed by atoms with E-state index in [4.69, 9.17) is 0 Å². The van der Waals surface area contributed by atoms with Crippen LogP contribution in [-0.4, -0.2) is 44.9 Å². The first-order valence-electron chi connectivity index (χ1n) is 5.73. The number of nitrogens with zero attached hydrogens (tertiary/aromatic N) is 3. The van der Waals surface area contributed by atoms with Crippen LogP contribution in [0, 0.1) is 6.92 Å². The van der Waals surface area contributed by atoms with E-state index in [1.54, 1.807) is 36.7 Å². The van der Waals surface area contributed by atoms with Crippen molar-refractivity contribution in [2.24, 2.45) is 0 Å². The first-order valence-corrected chi connectivity index (χ1v) is 5.73. The highest BCUT2D eigenvalue weighted by Gasteiger charge is 2.19. The first kappa shape index (κ1) is 13.7. The average molecular weight is 239 g/mol. The van der Waals surface area contributed by atoms with Crippen LogP contribution < -0.4 is 0 Å². The summed E-state index contributed by atoms with van der Waals surface area (Å²) in [7, 11) is 1.70. The van der Waals surface area contributed by atoms with Crippen LogP contribution in [0.2, 0.25) is 0 Å². The summed E-state index contributed by atoms with van der Waals surface area (Å²) in [4.78, 5) is 13.3. The van der Waals surface area contributed by atoms with Crippen molar-refractivity contribution in [3.8, 4) is 0 Å². The van der Waals surface area contributed by atoms with Crippen LogP contribution in [0.3, 0.4) is 0 Å². The summed E-state index contributed by atoms with van der Waals surface area (Å²) >= 11 is 0. The maximum absolute atomic E-state index is 11.8. The van der Waals surface area contributed by atoms with Crippen LogP contribution in [-0.2, 0) is 11.3 Å². The molecule has 1 N–H and O–H groups in total. The fraction of sp³-hybridized carbons (Fsp3) is 0.667. The molecule has 1 aromatic heterocycles. The van der Waals surface area contributed by atoms with Crippen LogP contribution in [0.15, 0.2) is 12.4 Å². The number of hydrogen-bond donors (Lipinski definition) is 1. The van der Waals surface area contributed by atoms with Crippen molar-refractivity contribution in [2.45, 2.75) is 39.3 Å². The molecule has 0 aliphatic carbocycles. The molecule has 0 saturated heterocycles. The van der Waals surface area contributed by atoms with E-state index in [9.17, 15) is 9.90 Å². The van der Waals surface area contributed by atoms with Gasteiger partial charge in [0.25, 0.3) is 0 Å². The van der Waals surface area contributed by atoms with Crippen LogP contribution in [0.25, 0.3) is 0 Å². The summed E-state index contributed by atoms with van der Waals surface area (Å²) in [6.45, 7) is 6.25. The van der Waals surface area contributed by atoms with Crippen molar-refractivity contribution in [2.75, 3.05) is 13.6 Å². The van der Waals surface area contributed by atoms with Gasteiger partial charge in [0.05, 0.1) is 11.8 Å². The molecule has 0 saturated carbocycles. The van der Waals surface area contributed by atoms with Crippen LogP contribution in [0.1, 0.15) is 25.8 Å². The summed E-state index contributed by atoms with van der Waals surface area (Å²) in [5, 5.41) is 13.7. The SMILES string of the molecule is Cc1cnn(CCC(=O)N(C)CC(C)(C)O)c1. The third-order valence-corrected chi connectivity index (χ3v) is 2.37. The van der Waals surface area contributed by atoms with Gasteiger partial charge in [0, 0.05) is 32.8 Å². The fourth-order valence-corrected chi connectivity index (χ4v) is 1.66. The molecule has 96 valence electrons. The Morgan fingerprint density at radius 1 is 1.59 bits per heavy atom. The zero-order valence-electron chi connectivity index (χ0n) is 11.0. The second-order valence-corrected chi connectivity index (χ2v) is 5.09. The molecule has 0 aliphatic heterocycles. The normalized spacial score (nSPS) is 11.6. The second-order valence-electron chi connectivity index (χ2n) is 5.09. The number of aryl methyl sites for hydroxylation is 2. The number of amides is 1. The summed E-state index contributed by atoms with van der Waals surface area (Å²) in [5.41, 5.74) is 0.231. The van der Waals surface area contributed by atoms with Crippen molar-refractivity contribution >= 4 is 5.91 Å². The number of carbonyl (C=O) groups excluding carboxylic acids is 1. The molecule has 17 heavy (non-hydrogen) atoms. The van der Waals surface area contributed by atoms with Crippen molar-refractivity contribution in [3.05, 3.63) is 18.0 Å². The molecule has 0 bridgehead atoms. The molecule has 5 heteroatoms. The minimum Gasteiger partial charge on any atom is -0.389 e. The van der Waals surface area contributed by atoms with E-state index >= 15 is 0 Å². The molecule has 0 atom stereocenters. The molecule has 1 heterocycles. The lowest BCUT2D eigenvalue weighted by Crippen LogP contribution is -2.39. The summed E-state index contributed by atoms with van der Waals surface area (Å²) in [6, 6.07) is 0. The number of aromatic nitrogens is 2. The van der Waals surface area contributed by atoms with E-state index < -0.39 is 5.60 Å². The molecule has 0 spiro atoms. The fourth-order valence-electron chi connectivity index (χ4n) is 1.66. The molecule has 5 nitrogen and oxygen atoms in total. The maximum atomic E-state index is 11.8. The number of rotatable bonds is 5. The van der Waals surface area contributed by atoms with E-state index in [1.165, 1.54) is 0 Å². The highest BCUT2D eigenvalue weighted by Crippen LogP contribution is 2.05. The van der Waals surface area contributed by atoms with E-state index in [1.807, 2.05) is 13.1 Å². The molecular formula is C12H21N3O2. The summed E-state index contributed by atoms with van der Waals surface area (Å²) in [5.74, 6) is 0.0141. The zero-order chi connectivity index (χ0) is 13.1. The minimum atomic E-state index is -0.854. The van der Waals surface area contributed by atoms with E-state index in [2.05, 4.69) is 5.10 Å². The van der Waals surface area contributed by atoms with Gasteiger partial charge < -0.3 is 10.0 Å². The molecule has 1 amide bonds. The van der Waals surface area contributed by atoms with Crippen LogP contribution in [0.4, 0.5) is 0 Å². The van der Waals surface area contributed by atoms with E-state index in [0.29, 0.717) is 19.5 Å². The Morgan fingerprint density at radius 2 is 2.24 bits per heavy atom. The maximum Gasteiger partial charge on any atom is 0.224 e. The summed E-state index contributed by atoms with van der Waals surface area (Å²) in [6.07, 6.45) is 4.07. The van der Waals surface area contributed by atoms with E-state index in [-0.39, 0.29) is 5.91 Å². The van der Waals surface area contributed by atoms with Gasteiger partial charge in [0.2, 0.25) is 5.91 Å². The average Bonchev–Trinajstić information content (AvgIpc) is 2.58. The van der Waals surface area contributed by atoms with Crippen molar-refractivity contribution in [1.29, 1.82) is 0 Å². The lowest BCUT2D eigenvalue weighted by atomic mass is 10.1. The van der Waals surface area contributed by atoms with Gasteiger partial charge in [-0.05, 0) is 26.3 Å². The second kappa shape index (κ2) is 5.31. The number of aliphatic hydroxyl groups is 1. The van der Waals surface area contributed by atoms with E-state index in [0.717, 1.165) is 5.56 Å². The van der Waals surface area contributed by atoms with Gasteiger partial charge in [-0.25, -0.2) is 0 Å². The summed E-state index contributed by atoms with van der Waals surface area (Å²) < 4.78 is 1.76. The van der Waals surface area contributed by atoms with Gasteiger partial charge >= 0.3 is 0 Å². The highest BCUT2D eigenvalue weighted by atomic mass is 16.3. The topological polar surface area (TPSA) is 58.4 Å². The van der Waals surface area contributed by atoms with Crippen molar-refractivity contribution < 1.29 is 9.90 Å². The highest BCUT2D eigenvalue weighted by molar-refractivity contribution is 5.75. The Morgan fingerprint density at radius 3 is 2.71 bits per heavy atom.